The molecule has 1 fully saturated rings. The molecule has 1 N–H and O–H groups in total. The van der Waals surface area contributed by atoms with Crippen molar-refractivity contribution in [1.82, 2.24) is 25.0 Å². The molecule has 1 aliphatic rings. The molecule has 0 spiro atoms. The summed E-state index contributed by atoms with van der Waals surface area (Å²) in [6.07, 6.45) is 3.90. The number of aryl methyl sites for hydroxylation is 3. The standard InChI is InChI=1S/C16H24N6OS.HI/c1-11-15(24-12(2)20-11)8-18-16(17-3)22-5-6-23-14(10-22)13-7-19-21(4)9-13;/h7,9,14H,5-6,8,10H2,1-4H3,(H,17,18);1H. The van der Waals surface area contributed by atoms with Gasteiger partial charge in [-0.1, -0.05) is 0 Å². The Hall–Kier alpha value is -1.20. The zero-order valence-electron chi connectivity index (χ0n) is 15.0. The second kappa shape index (κ2) is 8.95. The monoisotopic (exact) mass is 476 g/mol. The summed E-state index contributed by atoms with van der Waals surface area (Å²) in [7, 11) is 3.74. The summed E-state index contributed by atoms with van der Waals surface area (Å²) in [5, 5.41) is 8.79. The number of nitrogens with zero attached hydrogens (tertiary/aromatic N) is 5. The van der Waals surface area contributed by atoms with Crippen LogP contribution in [0.5, 0.6) is 0 Å². The van der Waals surface area contributed by atoms with Crippen molar-refractivity contribution in [2.75, 3.05) is 26.7 Å². The number of thiazole rings is 1. The van der Waals surface area contributed by atoms with Crippen LogP contribution in [-0.4, -0.2) is 52.4 Å². The molecule has 0 radical (unpaired) electrons. The molecule has 1 aliphatic heterocycles. The number of guanidine groups is 1. The van der Waals surface area contributed by atoms with E-state index in [1.54, 1.807) is 16.0 Å². The van der Waals surface area contributed by atoms with E-state index in [0.717, 1.165) is 41.9 Å². The van der Waals surface area contributed by atoms with Crippen molar-refractivity contribution in [2.45, 2.75) is 26.5 Å². The van der Waals surface area contributed by atoms with Gasteiger partial charge in [0.25, 0.3) is 0 Å². The first-order chi connectivity index (χ1) is 11.6. The number of ether oxygens (including phenoxy) is 1. The smallest absolute Gasteiger partial charge is 0.194 e. The molecule has 0 saturated carbocycles. The van der Waals surface area contributed by atoms with E-state index in [1.807, 2.05) is 33.4 Å². The van der Waals surface area contributed by atoms with Crippen molar-refractivity contribution < 1.29 is 4.74 Å². The Kier molecular flexibility index (Phi) is 7.20. The second-order valence-electron chi connectivity index (χ2n) is 5.90. The average molecular weight is 476 g/mol. The molecular formula is C16H25IN6OS. The van der Waals surface area contributed by atoms with Gasteiger partial charge in [0.1, 0.15) is 6.10 Å². The summed E-state index contributed by atoms with van der Waals surface area (Å²) >= 11 is 1.73. The van der Waals surface area contributed by atoms with Gasteiger partial charge in [-0.15, -0.1) is 35.3 Å². The number of aliphatic imine (C=N–C) groups is 1. The van der Waals surface area contributed by atoms with Crippen LogP contribution >= 0.6 is 35.3 Å². The number of hydrogen-bond acceptors (Lipinski definition) is 5. The van der Waals surface area contributed by atoms with Gasteiger partial charge in [0.15, 0.2) is 5.96 Å². The van der Waals surface area contributed by atoms with Gasteiger partial charge in [-0.25, -0.2) is 4.98 Å². The first kappa shape index (κ1) is 20.1. The van der Waals surface area contributed by atoms with E-state index < -0.39 is 0 Å². The third kappa shape index (κ3) is 4.91. The lowest BCUT2D eigenvalue weighted by atomic mass is 10.1. The van der Waals surface area contributed by atoms with Crippen molar-refractivity contribution in [1.29, 1.82) is 0 Å². The molecule has 2 aromatic rings. The molecule has 138 valence electrons. The van der Waals surface area contributed by atoms with E-state index in [0.29, 0.717) is 6.61 Å². The van der Waals surface area contributed by atoms with Crippen LogP contribution in [0.4, 0.5) is 0 Å². The normalized spacial score (nSPS) is 18.2. The summed E-state index contributed by atoms with van der Waals surface area (Å²) in [5.41, 5.74) is 2.20. The minimum absolute atomic E-state index is 0. The minimum Gasteiger partial charge on any atom is -0.370 e. The first-order valence-electron chi connectivity index (χ1n) is 8.05. The molecule has 0 amide bonds. The van der Waals surface area contributed by atoms with Gasteiger partial charge in [-0.2, -0.15) is 5.10 Å². The van der Waals surface area contributed by atoms with E-state index >= 15 is 0 Å². The molecule has 2 aromatic heterocycles. The van der Waals surface area contributed by atoms with Gasteiger partial charge in [0.2, 0.25) is 0 Å². The largest absolute Gasteiger partial charge is 0.370 e. The lowest BCUT2D eigenvalue weighted by molar-refractivity contribution is -0.00805. The molecule has 1 saturated heterocycles. The van der Waals surface area contributed by atoms with Crippen LogP contribution in [0.15, 0.2) is 17.4 Å². The number of nitrogens with one attached hydrogen (secondary N) is 1. The van der Waals surface area contributed by atoms with Crippen LogP contribution in [0.25, 0.3) is 0 Å². The zero-order chi connectivity index (χ0) is 17.1. The SMILES string of the molecule is CN=C(NCc1sc(C)nc1C)N1CCOC(c2cnn(C)c2)C1.I. The fraction of sp³-hybridized carbons (Fsp3) is 0.562. The van der Waals surface area contributed by atoms with E-state index in [9.17, 15) is 0 Å². The molecule has 3 rings (SSSR count). The van der Waals surface area contributed by atoms with E-state index in [1.165, 1.54) is 4.88 Å². The fourth-order valence-corrected chi connectivity index (χ4v) is 3.76. The molecule has 25 heavy (non-hydrogen) atoms. The molecular weight excluding hydrogens is 451 g/mol. The van der Waals surface area contributed by atoms with Crippen LogP contribution in [0.1, 0.15) is 27.2 Å². The highest BCUT2D eigenvalue weighted by Crippen LogP contribution is 2.22. The maximum atomic E-state index is 5.90. The third-order valence-electron chi connectivity index (χ3n) is 4.08. The van der Waals surface area contributed by atoms with Gasteiger partial charge < -0.3 is 15.0 Å². The third-order valence-corrected chi connectivity index (χ3v) is 5.15. The zero-order valence-corrected chi connectivity index (χ0v) is 18.2. The highest BCUT2D eigenvalue weighted by molar-refractivity contribution is 14.0. The molecule has 1 unspecified atom stereocenters. The Morgan fingerprint density at radius 3 is 2.88 bits per heavy atom. The summed E-state index contributed by atoms with van der Waals surface area (Å²) in [6.45, 7) is 7.12. The van der Waals surface area contributed by atoms with Crippen molar-refractivity contribution in [2.24, 2.45) is 12.0 Å². The maximum Gasteiger partial charge on any atom is 0.194 e. The molecule has 0 aliphatic carbocycles. The minimum atomic E-state index is 0. The maximum absolute atomic E-state index is 5.90. The Balaban J connectivity index is 0.00000225. The van der Waals surface area contributed by atoms with Crippen molar-refractivity contribution >= 4 is 41.3 Å². The molecule has 7 nitrogen and oxygen atoms in total. The Bertz CT molecular complexity index is 728. The lowest BCUT2D eigenvalue weighted by Crippen LogP contribution is -2.47. The topological polar surface area (TPSA) is 67.6 Å². The Labute approximate surface area is 169 Å². The first-order valence-corrected chi connectivity index (χ1v) is 8.87. The van der Waals surface area contributed by atoms with Gasteiger partial charge in [0.05, 0.1) is 36.6 Å². The van der Waals surface area contributed by atoms with Crippen LogP contribution in [0.3, 0.4) is 0 Å². The Morgan fingerprint density at radius 2 is 2.28 bits per heavy atom. The fourth-order valence-electron chi connectivity index (χ4n) is 2.88. The number of rotatable bonds is 3. The van der Waals surface area contributed by atoms with Crippen LogP contribution < -0.4 is 5.32 Å². The lowest BCUT2D eigenvalue weighted by Gasteiger charge is -2.34. The summed E-state index contributed by atoms with van der Waals surface area (Å²) in [5.74, 6) is 0.901. The van der Waals surface area contributed by atoms with Crippen LogP contribution in [-0.2, 0) is 18.3 Å². The van der Waals surface area contributed by atoms with Gasteiger partial charge in [0, 0.05) is 37.3 Å². The average Bonchev–Trinajstić information content (AvgIpc) is 3.14. The predicted molar refractivity (Wildman–Crippen MR) is 111 cm³/mol. The quantitative estimate of drug-likeness (QED) is 0.418. The van der Waals surface area contributed by atoms with Crippen molar-refractivity contribution in [3.8, 4) is 0 Å². The highest BCUT2D eigenvalue weighted by Gasteiger charge is 2.25. The molecule has 1 atom stereocenters. The van der Waals surface area contributed by atoms with Crippen molar-refractivity contribution in [3.05, 3.63) is 33.5 Å². The van der Waals surface area contributed by atoms with Gasteiger partial charge >= 0.3 is 0 Å². The molecule has 3 heterocycles. The number of aromatic nitrogens is 3. The summed E-state index contributed by atoms with van der Waals surface area (Å²) < 4.78 is 7.71. The van der Waals surface area contributed by atoms with Gasteiger partial charge in [-0.05, 0) is 13.8 Å². The Morgan fingerprint density at radius 1 is 1.48 bits per heavy atom. The summed E-state index contributed by atoms with van der Waals surface area (Å²) in [4.78, 5) is 12.4. The predicted octanol–water partition coefficient (Wildman–Crippen LogP) is 2.26. The van der Waals surface area contributed by atoms with Crippen LogP contribution in [0.2, 0.25) is 0 Å². The number of hydrogen-bond donors (Lipinski definition) is 1. The van der Waals surface area contributed by atoms with Crippen LogP contribution in [0, 0.1) is 13.8 Å². The van der Waals surface area contributed by atoms with E-state index in [2.05, 4.69) is 32.2 Å². The second-order valence-corrected chi connectivity index (χ2v) is 7.18. The summed E-state index contributed by atoms with van der Waals surface area (Å²) in [6, 6.07) is 0. The van der Waals surface area contributed by atoms with Crippen molar-refractivity contribution in [3.63, 3.8) is 0 Å². The molecule has 0 aromatic carbocycles. The number of morpholine rings is 1. The van der Waals surface area contributed by atoms with Gasteiger partial charge in [-0.3, -0.25) is 9.67 Å². The number of halogens is 1. The molecule has 9 heteroatoms. The molecule has 0 bridgehead atoms. The van der Waals surface area contributed by atoms with E-state index in [4.69, 9.17) is 4.74 Å². The van der Waals surface area contributed by atoms with E-state index in [-0.39, 0.29) is 30.1 Å². The highest BCUT2D eigenvalue weighted by atomic mass is 127.